The van der Waals surface area contributed by atoms with E-state index in [-0.39, 0.29) is 5.75 Å². The van der Waals surface area contributed by atoms with Crippen LogP contribution in [0.1, 0.15) is 5.56 Å². The van der Waals surface area contributed by atoms with Crippen molar-refractivity contribution in [3.05, 3.63) is 17.7 Å². The van der Waals surface area contributed by atoms with E-state index in [4.69, 9.17) is 9.47 Å². The number of hydrogen-bond donors (Lipinski definition) is 1. The van der Waals surface area contributed by atoms with Crippen molar-refractivity contribution in [1.29, 1.82) is 0 Å². The van der Waals surface area contributed by atoms with Crippen molar-refractivity contribution >= 4 is 0 Å². The SMILES string of the molecule is Cc1cc2c(cc1O)OCCO2. The largest absolute Gasteiger partial charge is 0.508 e. The molecule has 0 bridgehead atoms. The van der Waals surface area contributed by atoms with Gasteiger partial charge in [0.15, 0.2) is 11.5 Å². The average molecular weight is 166 g/mol. The van der Waals surface area contributed by atoms with Gasteiger partial charge >= 0.3 is 0 Å². The summed E-state index contributed by atoms with van der Waals surface area (Å²) in [6.07, 6.45) is 0. The van der Waals surface area contributed by atoms with Crippen LogP contribution in [0.2, 0.25) is 0 Å². The van der Waals surface area contributed by atoms with Crippen molar-refractivity contribution in [1.82, 2.24) is 0 Å². The molecule has 1 N–H and O–H groups in total. The van der Waals surface area contributed by atoms with Gasteiger partial charge in [0.2, 0.25) is 0 Å². The lowest BCUT2D eigenvalue weighted by Gasteiger charge is -2.18. The summed E-state index contributed by atoms with van der Waals surface area (Å²) < 4.78 is 10.6. The van der Waals surface area contributed by atoms with Crippen molar-refractivity contribution in [3.8, 4) is 17.2 Å². The molecule has 0 atom stereocenters. The normalized spacial score (nSPS) is 14.4. The molecule has 0 spiro atoms. The van der Waals surface area contributed by atoms with Gasteiger partial charge in [-0.15, -0.1) is 0 Å². The molecule has 3 nitrogen and oxygen atoms in total. The van der Waals surface area contributed by atoms with E-state index in [0.717, 1.165) is 11.3 Å². The summed E-state index contributed by atoms with van der Waals surface area (Å²) >= 11 is 0. The van der Waals surface area contributed by atoms with Crippen LogP contribution in [0.5, 0.6) is 17.2 Å². The summed E-state index contributed by atoms with van der Waals surface area (Å²) in [6, 6.07) is 3.37. The van der Waals surface area contributed by atoms with Crippen LogP contribution in [0.3, 0.4) is 0 Å². The van der Waals surface area contributed by atoms with Crippen LogP contribution in [0, 0.1) is 6.92 Å². The molecule has 0 fully saturated rings. The molecular formula is C9H10O3. The van der Waals surface area contributed by atoms with Gasteiger partial charge in [-0.05, 0) is 18.6 Å². The summed E-state index contributed by atoms with van der Waals surface area (Å²) in [5, 5.41) is 9.34. The van der Waals surface area contributed by atoms with Gasteiger partial charge < -0.3 is 14.6 Å². The molecule has 2 rings (SSSR count). The van der Waals surface area contributed by atoms with E-state index < -0.39 is 0 Å². The smallest absolute Gasteiger partial charge is 0.165 e. The van der Waals surface area contributed by atoms with E-state index in [1.54, 1.807) is 12.1 Å². The highest BCUT2D eigenvalue weighted by Gasteiger charge is 2.13. The highest BCUT2D eigenvalue weighted by Crippen LogP contribution is 2.35. The Bertz CT molecular complexity index is 276. The fraction of sp³-hybridized carbons (Fsp3) is 0.333. The number of aromatic hydroxyl groups is 1. The van der Waals surface area contributed by atoms with Gasteiger partial charge in [-0.1, -0.05) is 0 Å². The molecule has 0 amide bonds. The molecular weight excluding hydrogens is 156 g/mol. The van der Waals surface area contributed by atoms with Crippen LogP contribution in [-0.2, 0) is 0 Å². The number of phenolic OH excluding ortho intramolecular Hbond substituents is 1. The Kier molecular flexibility index (Phi) is 1.57. The maximum absolute atomic E-state index is 9.34. The molecule has 12 heavy (non-hydrogen) atoms. The number of benzene rings is 1. The summed E-state index contributed by atoms with van der Waals surface area (Å²) in [5.41, 5.74) is 0.805. The first-order valence-electron chi connectivity index (χ1n) is 3.86. The Labute approximate surface area is 70.5 Å². The Morgan fingerprint density at radius 3 is 2.42 bits per heavy atom. The summed E-state index contributed by atoms with van der Waals surface area (Å²) in [6.45, 7) is 2.96. The number of rotatable bonds is 0. The van der Waals surface area contributed by atoms with E-state index >= 15 is 0 Å². The molecule has 0 aliphatic carbocycles. The van der Waals surface area contributed by atoms with Gasteiger partial charge in [-0.3, -0.25) is 0 Å². The van der Waals surface area contributed by atoms with Crippen LogP contribution >= 0.6 is 0 Å². The van der Waals surface area contributed by atoms with Crippen LogP contribution in [0.25, 0.3) is 0 Å². The fourth-order valence-corrected chi connectivity index (χ4v) is 1.18. The Morgan fingerprint density at radius 2 is 1.75 bits per heavy atom. The quantitative estimate of drug-likeness (QED) is 0.634. The third kappa shape index (κ3) is 1.07. The molecule has 1 aliphatic heterocycles. The van der Waals surface area contributed by atoms with Gasteiger partial charge in [-0.25, -0.2) is 0 Å². The van der Waals surface area contributed by atoms with Crippen LogP contribution < -0.4 is 9.47 Å². The van der Waals surface area contributed by atoms with Crippen LogP contribution in [0.15, 0.2) is 12.1 Å². The predicted octanol–water partition coefficient (Wildman–Crippen LogP) is 1.47. The van der Waals surface area contributed by atoms with Crippen molar-refractivity contribution in [3.63, 3.8) is 0 Å². The van der Waals surface area contributed by atoms with E-state index in [2.05, 4.69) is 0 Å². The van der Waals surface area contributed by atoms with Crippen molar-refractivity contribution in [2.24, 2.45) is 0 Å². The number of hydrogen-bond acceptors (Lipinski definition) is 3. The molecule has 3 heteroatoms. The van der Waals surface area contributed by atoms with Gasteiger partial charge in [-0.2, -0.15) is 0 Å². The van der Waals surface area contributed by atoms with Gasteiger partial charge in [0.05, 0.1) is 0 Å². The third-order valence-electron chi connectivity index (χ3n) is 1.86. The maximum Gasteiger partial charge on any atom is 0.165 e. The standard InChI is InChI=1S/C9H10O3/c1-6-4-8-9(5-7(6)10)12-3-2-11-8/h4-5,10H,2-3H2,1H3. The number of aryl methyl sites for hydroxylation is 1. The molecule has 1 heterocycles. The molecule has 0 unspecified atom stereocenters. The van der Waals surface area contributed by atoms with Gasteiger partial charge in [0, 0.05) is 6.07 Å². The minimum atomic E-state index is 0.249. The predicted molar refractivity (Wildman–Crippen MR) is 43.8 cm³/mol. The van der Waals surface area contributed by atoms with E-state index in [1.165, 1.54) is 0 Å². The highest BCUT2D eigenvalue weighted by atomic mass is 16.6. The van der Waals surface area contributed by atoms with Crippen molar-refractivity contribution in [2.45, 2.75) is 6.92 Å². The van der Waals surface area contributed by atoms with Gasteiger partial charge in [0.1, 0.15) is 19.0 Å². The number of fused-ring (bicyclic) bond motifs is 1. The molecule has 1 aromatic carbocycles. The second-order valence-electron chi connectivity index (χ2n) is 2.78. The zero-order valence-electron chi connectivity index (χ0n) is 6.83. The minimum Gasteiger partial charge on any atom is -0.508 e. The van der Waals surface area contributed by atoms with Gasteiger partial charge in [0.25, 0.3) is 0 Å². The zero-order chi connectivity index (χ0) is 8.55. The lowest BCUT2D eigenvalue weighted by atomic mass is 10.2. The molecule has 64 valence electrons. The number of phenols is 1. The highest BCUT2D eigenvalue weighted by molar-refractivity contribution is 5.50. The van der Waals surface area contributed by atoms with E-state index in [9.17, 15) is 5.11 Å². The van der Waals surface area contributed by atoms with Crippen LogP contribution in [0.4, 0.5) is 0 Å². The lowest BCUT2D eigenvalue weighted by Crippen LogP contribution is -2.15. The van der Waals surface area contributed by atoms with Crippen LogP contribution in [-0.4, -0.2) is 18.3 Å². The Balaban J connectivity index is 2.49. The minimum absolute atomic E-state index is 0.249. The second kappa shape index (κ2) is 2.59. The molecule has 1 aliphatic rings. The average Bonchev–Trinajstić information content (AvgIpc) is 2.07. The van der Waals surface area contributed by atoms with Crippen molar-refractivity contribution < 1.29 is 14.6 Å². The third-order valence-corrected chi connectivity index (χ3v) is 1.86. The second-order valence-corrected chi connectivity index (χ2v) is 2.78. The van der Waals surface area contributed by atoms with E-state index in [0.29, 0.717) is 19.0 Å². The molecule has 1 aromatic rings. The summed E-state index contributed by atoms with van der Waals surface area (Å²) in [7, 11) is 0. The zero-order valence-corrected chi connectivity index (χ0v) is 6.83. The summed E-state index contributed by atoms with van der Waals surface area (Å²) in [4.78, 5) is 0. The summed E-state index contributed by atoms with van der Waals surface area (Å²) in [5.74, 6) is 1.60. The fourth-order valence-electron chi connectivity index (χ4n) is 1.18. The number of ether oxygens (including phenoxy) is 2. The topological polar surface area (TPSA) is 38.7 Å². The monoisotopic (exact) mass is 166 g/mol. The lowest BCUT2D eigenvalue weighted by molar-refractivity contribution is 0.170. The Hall–Kier alpha value is -1.38. The first-order chi connectivity index (χ1) is 5.77. The van der Waals surface area contributed by atoms with Crippen molar-refractivity contribution in [2.75, 3.05) is 13.2 Å². The molecule has 0 saturated heterocycles. The molecule has 0 aromatic heterocycles. The maximum atomic E-state index is 9.34. The first kappa shape index (κ1) is 7.28. The molecule has 0 radical (unpaired) electrons. The first-order valence-corrected chi connectivity index (χ1v) is 3.86. The molecule has 0 saturated carbocycles. The van der Waals surface area contributed by atoms with E-state index in [1.807, 2.05) is 6.92 Å². The Morgan fingerprint density at radius 1 is 1.17 bits per heavy atom.